The molecule has 20 heteroatoms. The van der Waals surface area contributed by atoms with Crippen LogP contribution in [0.2, 0.25) is 0 Å². The highest BCUT2D eigenvalue weighted by atomic mass is 16.5. The molecule has 0 heterocycles. The van der Waals surface area contributed by atoms with E-state index in [0.717, 1.165) is 22.3 Å². The van der Waals surface area contributed by atoms with Gasteiger partial charge in [0.05, 0.1) is 28.4 Å². The summed E-state index contributed by atoms with van der Waals surface area (Å²) in [5.74, 6) is -3.30. The Balaban J connectivity index is 2.04. The maximum Gasteiger partial charge on any atom is 0.328 e. The molecule has 1 aliphatic carbocycles. The molecule has 5 rings (SSSR count). The van der Waals surface area contributed by atoms with Crippen molar-refractivity contribution in [2.45, 2.75) is 236 Å². The van der Waals surface area contributed by atoms with Gasteiger partial charge in [0.25, 0.3) is 23.6 Å². The second kappa shape index (κ2) is 35.4. The van der Waals surface area contributed by atoms with E-state index in [1.54, 1.807) is 0 Å². The molecule has 0 aromatic heterocycles. The molecule has 0 aliphatic heterocycles. The lowest BCUT2D eigenvalue weighted by Crippen LogP contribution is -2.44. The first-order valence-electron chi connectivity index (χ1n) is 35.1. The minimum Gasteiger partial charge on any atom is -0.483 e. The van der Waals surface area contributed by atoms with Gasteiger partial charge in [-0.3, -0.25) is 19.2 Å². The van der Waals surface area contributed by atoms with Gasteiger partial charge in [0.15, 0.2) is 26.4 Å². The maximum absolute atomic E-state index is 14.4. The van der Waals surface area contributed by atoms with E-state index >= 15 is 0 Å². The van der Waals surface area contributed by atoms with Gasteiger partial charge in [-0.15, -0.1) is 0 Å². The summed E-state index contributed by atoms with van der Waals surface area (Å²) in [4.78, 5) is 111. The fourth-order valence-corrected chi connectivity index (χ4v) is 12.2. The van der Waals surface area contributed by atoms with Crippen molar-refractivity contribution in [3.63, 3.8) is 0 Å². The van der Waals surface area contributed by atoms with E-state index in [0.29, 0.717) is 93.2 Å². The molecule has 4 aromatic rings. The fourth-order valence-electron chi connectivity index (χ4n) is 12.2. The van der Waals surface area contributed by atoms with Crippen molar-refractivity contribution >= 4 is 47.5 Å². The highest BCUT2D eigenvalue weighted by Gasteiger charge is 2.34. The molecular formula is C80H116N4O16. The van der Waals surface area contributed by atoms with E-state index in [1.165, 1.54) is 28.4 Å². The predicted octanol–water partition coefficient (Wildman–Crippen LogP) is 11.9. The van der Waals surface area contributed by atoms with Gasteiger partial charge in [0.2, 0.25) is 0 Å². The predicted molar refractivity (Wildman–Crippen MR) is 387 cm³/mol. The zero-order chi connectivity index (χ0) is 75.1. The van der Waals surface area contributed by atoms with E-state index in [-0.39, 0.29) is 49.4 Å². The smallest absolute Gasteiger partial charge is 0.328 e. The molecule has 552 valence electrons. The molecular weight excluding hydrogens is 1270 g/mol. The summed E-state index contributed by atoms with van der Waals surface area (Å²) < 4.78 is 48.4. The molecule has 4 atom stereocenters. The third kappa shape index (κ3) is 24.0. The van der Waals surface area contributed by atoms with Crippen molar-refractivity contribution in [2.75, 3.05) is 54.9 Å². The van der Waals surface area contributed by atoms with Crippen LogP contribution in [0.3, 0.4) is 0 Å². The van der Waals surface area contributed by atoms with Crippen LogP contribution in [0.5, 0.6) is 23.0 Å². The van der Waals surface area contributed by atoms with Crippen molar-refractivity contribution in [3.05, 3.63) is 115 Å². The topological polar surface area (TPSA) is 259 Å². The summed E-state index contributed by atoms with van der Waals surface area (Å²) in [7, 11) is 5.10. The lowest BCUT2D eigenvalue weighted by molar-refractivity contribution is -0.146. The number of methoxy groups -OCH3 is 4. The number of carbonyl (C=O) groups excluding carboxylic acids is 8. The van der Waals surface area contributed by atoms with Crippen molar-refractivity contribution in [2.24, 2.45) is 23.7 Å². The highest BCUT2D eigenvalue weighted by Crippen LogP contribution is 2.45. The molecule has 4 unspecified atom stereocenters. The summed E-state index contributed by atoms with van der Waals surface area (Å²) in [6.45, 7) is 38.6. The summed E-state index contributed by atoms with van der Waals surface area (Å²) in [5.41, 5.74) is 6.60. The number of nitrogens with one attached hydrogen (secondary N) is 4. The van der Waals surface area contributed by atoms with Crippen molar-refractivity contribution < 1.29 is 76.3 Å². The molecule has 100 heavy (non-hydrogen) atoms. The number of fused-ring (bicyclic) bond motifs is 8. The van der Waals surface area contributed by atoms with Gasteiger partial charge in [-0.1, -0.05) is 187 Å². The Hall–Kier alpha value is -8.16. The number of benzene rings is 4. The van der Waals surface area contributed by atoms with Crippen LogP contribution >= 0.6 is 0 Å². The van der Waals surface area contributed by atoms with Gasteiger partial charge in [0.1, 0.15) is 47.2 Å². The number of esters is 4. The van der Waals surface area contributed by atoms with Crippen LogP contribution in [0.15, 0.2) is 48.5 Å². The van der Waals surface area contributed by atoms with Crippen LogP contribution in [0.1, 0.15) is 231 Å². The second-order valence-electron chi connectivity index (χ2n) is 32.4. The summed E-state index contributed by atoms with van der Waals surface area (Å²) in [6, 6.07) is 12.6. The van der Waals surface area contributed by atoms with Crippen LogP contribution in [-0.2, 0) is 105 Å². The lowest BCUT2D eigenvalue weighted by Gasteiger charge is -2.29. The SMILES string of the molecule is COC(=O)C(CC(C)C)NC(=O)COc1c2cc(C(C)(C)C)cc1Cc1cc(C(C)(C)C)cc(c1OCC(=O)NC(CC(C)C)C(=O)OC)Cc1cc(C(C)(C)C)cc(c1OCC(=O)NC(CC(C)C)C(=O)OC)Cc1cc(C(C)(C)C)cc(c1OCC(=O)NC(CC(C)C)C(=O)OC)C2. The number of amides is 4. The number of hydrogen-bond acceptors (Lipinski definition) is 16. The quantitative estimate of drug-likeness (QED) is 0.0268. The van der Waals surface area contributed by atoms with Gasteiger partial charge in [-0.2, -0.15) is 0 Å². The minimum atomic E-state index is -0.967. The van der Waals surface area contributed by atoms with Gasteiger partial charge < -0.3 is 59.2 Å². The van der Waals surface area contributed by atoms with E-state index in [4.69, 9.17) is 37.9 Å². The molecule has 0 fully saturated rings. The van der Waals surface area contributed by atoms with E-state index in [9.17, 15) is 38.4 Å². The molecule has 4 aromatic carbocycles. The van der Waals surface area contributed by atoms with Crippen molar-refractivity contribution in [1.29, 1.82) is 0 Å². The monoisotopic (exact) mass is 1390 g/mol. The average molecular weight is 1390 g/mol. The molecule has 4 amide bonds. The highest BCUT2D eigenvalue weighted by molar-refractivity contribution is 5.87. The van der Waals surface area contributed by atoms with Crippen LogP contribution in [0.4, 0.5) is 0 Å². The Morgan fingerprint density at radius 2 is 0.450 bits per heavy atom. The van der Waals surface area contributed by atoms with Crippen LogP contribution in [0, 0.1) is 23.7 Å². The summed E-state index contributed by atoms with van der Waals surface area (Å²) in [5, 5.41) is 11.5. The first-order valence-corrected chi connectivity index (χ1v) is 35.1. The van der Waals surface area contributed by atoms with E-state index in [2.05, 4.69) is 153 Å². The molecule has 0 radical (unpaired) electrons. The zero-order valence-corrected chi connectivity index (χ0v) is 64.3. The standard InChI is InChI=1S/C80H116N4O16/c1-45(2)25-61(73(89)93-21)81-65(85)41-97-69-49-29-51-35-58(78(12,13)14)37-53(70(51)98-42-66(86)82-62(26-46(3)4)74(90)94-22)31-55-39-60(80(18,19)20)40-56(72(55)100-44-68(88)84-64(28-48(7)8)76(92)96-24)32-54-38-59(79(15,16)17)36-52(30-50(69)34-57(33-49)77(9,10)11)71(54)99-43-67(87)83-63(27-47(5)6)75(91)95-23/h33-40,45-48,61-64H,25-32,41-44H2,1-24H3,(H,81,85)(H,82,86)(H,83,87)(H,84,88). The molecule has 0 saturated carbocycles. The van der Waals surface area contributed by atoms with Gasteiger partial charge in [-0.25, -0.2) is 19.2 Å². The molecule has 0 spiro atoms. The fraction of sp³-hybridized carbons (Fsp3) is 0.600. The molecule has 1 aliphatic rings. The number of hydrogen-bond donors (Lipinski definition) is 4. The van der Waals surface area contributed by atoms with Crippen molar-refractivity contribution in [3.8, 4) is 23.0 Å². The third-order valence-electron chi connectivity index (χ3n) is 17.5. The number of carbonyl (C=O) groups is 8. The lowest BCUT2D eigenvalue weighted by atomic mass is 9.79. The molecule has 8 bridgehead atoms. The molecule has 20 nitrogen and oxygen atoms in total. The maximum atomic E-state index is 14.4. The van der Waals surface area contributed by atoms with Gasteiger partial charge in [-0.05, 0) is 138 Å². The largest absolute Gasteiger partial charge is 0.483 e. The van der Waals surface area contributed by atoms with Crippen LogP contribution < -0.4 is 40.2 Å². The van der Waals surface area contributed by atoms with Gasteiger partial charge in [0, 0.05) is 25.7 Å². The number of ether oxygens (including phenoxy) is 8. The summed E-state index contributed by atoms with van der Waals surface area (Å²) in [6.07, 6.45) is 1.55. The van der Waals surface area contributed by atoms with Gasteiger partial charge >= 0.3 is 23.9 Å². The molecule has 4 N–H and O–H groups in total. The second-order valence-corrected chi connectivity index (χ2v) is 32.4. The summed E-state index contributed by atoms with van der Waals surface area (Å²) >= 11 is 0. The Bertz CT molecular complexity index is 3000. The van der Waals surface area contributed by atoms with Crippen molar-refractivity contribution in [1.82, 2.24) is 21.3 Å². The molecule has 0 saturated heterocycles. The van der Waals surface area contributed by atoms with Crippen LogP contribution in [-0.4, -0.2) is 127 Å². The first kappa shape index (κ1) is 82.5. The van der Waals surface area contributed by atoms with E-state index in [1.807, 2.05) is 55.4 Å². The number of rotatable bonds is 28. The average Bonchev–Trinajstić information content (AvgIpc) is 0.766. The van der Waals surface area contributed by atoms with E-state index < -0.39 is 120 Å². The Morgan fingerprint density at radius 1 is 0.300 bits per heavy atom. The Morgan fingerprint density at radius 3 is 0.570 bits per heavy atom. The normalized spacial score (nSPS) is 13.9. The Kier molecular flexibility index (Phi) is 29.2. The minimum absolute atomic E-state index is 0.0149. The zero-order valence-electron chi connectivity index (χ0n) is 64.3. The first-order chi connectivity index (χ1) is 46.4. The van der Waals surface area contributed by atoms with Crippen LogP contribution in [0.25, 0.3) is 0 Å². The third-order valence-corrected chi connectivity index (χ3v) is 17.5. The Labute approximate surface area is 594 Å².